The van der Waals surface area contributed by atoms with Crippen LogP contribution in [0.4, 0.5) is 5.69 Å². The molecule has 1 amide bonds. The summed E-state index contributed by atoms with van der Waals surface area (Å²) in [4.78, 5) is 30.2. The number of rotatable bonds is 6. The zero-order chi connectivity index (χ0) is 25.2. The number of amides is 1. The van der Waals surface area contributed by atoms with Gasteiger partial charge in [-0.15, -0.1) is 11.3 Å². The highest BCUT2D eigenvalue weighted by Gasteiger charge is 2.38. The number of carbonyl (C=O) groups excluding carboxylic acids is 2. The van der Waals surface area contributed by atoms with Crippen LogP contribution in [0.1, 0.15) is 106 Å². The van der Waals surface area contributed by atoms with Crippen LogP contribution in [0.25, 0.3) is 0 Å². The van der Waals surface area contributed by atoms with Gasteiger partial charge in [0.15, 0.2) is 0 Å². The molecule has 0 aliphatic heterocycles. The van der Waals surface area contributed by atoms with E-state index in [1.807, 2.05) is 11.0 Å². The molecule has 0 aromatic carbocycles. The van der Waals surface area contributed by atoms with Crippen LogP contribution in [-0.4, -0.2) is 37.2 Å². The number of carbonyl (C=O) groups is 2. The first-order chi connectivity index (χ1) is 16.6. The lowest BCUT2D eigenvalue weighted by atomic mass is 9.81. The van der Waals surface area contributed by atoms with Gasteiger partial charge in [0.1, 0.15) is 4.88 Å². The first kappa shape index (κ1) is 26.2. The molecule has 0 saturated heterocycles. The van der Waals surface area contributed by atoms with E-state index in [4.69, 9.17) is 9.47 Å². The Hall–Kier alpha value is -1.84. The van der Waals surface area contributed by atoms with Gasteiger partial charge in [-0.3, -0.25) is 4.79 Å². The third kappa shape index (κ3) is 6.89. The number of hydrogen-bond acceptors (Lipinski definition) is 5. The van der Waals surface area contributed by atoms with E-state index in [1.165, 1.54) is 31.3 Å². The van der Waals surface area contributed by atoms with Crippen molar-refractivity contribution in [2.75, 3.05) is 12.0 Å². The monoisotopic (exact) mass is 499 g/mol. The van der Waals surface area contributed by atoms with E-state index in [0.29, 0.717) is 28.7 Å². The number of esters is 1. The zero-order valence-electron chi connectivity index (χ0n) is 22.0. The zero-order valence-corrected chi connectivity index (χ0v) is 22.8. The molecule has 1 heterocycles. The van der Waals surface area contributed by atoms with Crippen LogP contribution < -0.4 is 4.90 Å². The minimum Gasteiger partial charge on any atom is -0.465 e. The Labute approximate surface area is 214 Å². The predicted octanol–water partition coefficient (Wildman–Crippen LogP) is 6.58. The second-order valence-electron chi connectivity index (χ2n) is 11.7. The number of hydrogen-bond donors (Lipinski definition) is 0. The average molecular weight is 500 g/mol. The van der Waals surface area contributed by atoms with Crippen molar-refractivity contribution in [2.24, 2.45) is 17.3 Å². The van der Waals surface area contributed by atoms with Gasteiger partial charge in [0, 0.05) is 17.4 Å². The quantitative estimate of drug-likeness (QED) is 0.328. The molecule has 0 spiro atoms. The first-order valence-electron chi connectivity index (χ1n) is 13.4. The van der Waals surface area contributed by atoms with Crippen LogP contribution in [0.3, 0.4) is 0 Å². The van der Waals surface area contributed by atoms with Crippen molar-refractivity contribution >= 4 is 28.9 Å². The molecule has 1 aromatic heterocycles. The van der Waals surface area contributed by atoms with E-state index in [2.05, 4.69) is 39.5 Å². The fourth-order valence-corrected chi connectivity index (χ4v) is 6.15. The molecule has 0 radical (unpaired) electrons. The molecular formula is C29H41NO4S. The maximum atomic E-state index is 14.1. The summed E-state index contributed by atoms with van der Waals surface area (Å²) in [5, 5.41) is 0. The summed E-state index contributed by atoms with van der Waals surface area (Å²) in [5.74, 6) is 6.98. The van der Waals surface area contributed by atoms with Crippen molar-refractivity contribution in [3.8, 4) is 11.8 Å². The second kappa shape index (κ2) is 11.0. The predicted molar refractivity (Wildman–Crippen MR) is 141 cm³/mol. The molecular weight excluding hydrogens is 458 g/mol. The topological polar surface area (TPSA) is 55.8 Å². The lowest BCUT2D eigenvalue weighted by molar-refractivity contribution is -0.124. The molecule has 3 fully saturated rings. The summed E-state index contributed by atoms with van der Waals surface area (Å²) in [5.41, 5.74) is 0.541. The molecule has 1 aromatic rings. The molecule has 6 heteroatoms. The van der Waals surface area contributed by atoms with Crippen molar-refractivity contribution in [3.63, 3.8) is 0 Å². The number of thiophene rings is 1. The number of nitrogens with zero attached hydrogens (tertiary/aromatic N) is 1. The molecule has 3 aliphatic rings. The molecule has 0 atom stereocenters. The smallest absolute Gasteiger partial charge is 0.350 e. The second-order valence-corrected chi connectivity index (χ2v) is 12.8. The van der Waals surface area contributed by atoms with Crippen LogP contribution in [-0.2, 0) is 14.3 Å². The SMILES string of the molecule is COC(=O)c1sc(C#CC(C)(C)C)cc1N(C(=O)C1CCC(C)CC1)C1CCC(OC2CC2)CC1. The van der Waals surface area contributed by atoms with E-state index in [1.54, 1.807) is 0 Å². The Kier molecular flexibility index (Phi) is 8.28. The highest BCUT2D eigenvalue weighted by atomic mass is 32.1. The van der Waals surface area contributed by atoms with E-state index < -0.39 is 5.97 Å². The van der Waals surface area contributed by atoms with E-state index in [0.717, 1.165) is 56.2 Å². The van der Waals surface area contributed by atoms with Crippen LogP contribution >= 0.6 is 11.3 Å². The molecule has 0 unspecified atom stereocenters. The van der Waals surface area contributed by atoms with Crippen molar-refractivity contribution < 1.29 is 19.1 Å². The van der Waals surface area contributed by atoms with E-state index in [-0.39, 0.29) is 23.3 Å². The largest absolute Gasteiger partial charge is 0.465 e. The van der Waals surface area contributed by atoms with Gasteiger partial charge in [0.2, 0.25) is 5.91 Å². The summed E-state index contributed by atoms with van der Waals surface area (Å²) in [6, 6.07) is 2.02. The molecule has 0 N–H and O–H groups in total. The summed E-state index contributed by atoms with van der Waals surface area (Å²) in [6.07, 6.45) is 10.8. The summed E-state index contributed by atoms with van der Waals surface area (Å²) < 4.78 is 11.3. The number of anilines is 1. The minimum atomic E-state index is -0.394. The Bertz CT molecular complexity index is 961. The maximum Gasteiger partial charge on any atom is 0.350 e. The standard InChI is InChI=1S/C29H41NO4S/c1-19-6-8-20(9-7-19)27(31)30(21-10-12-22(13-11-21)34-23-14-15-23)25-18-24(16-17-29(2,3)4)35-26(25)28(32)33-5/h18-23H,6-15H2,1-5H3. The van der Waals surface area contributed by atoms with Crippen molar-refractivity contribution in [1.82, 2.24) is 0 Å². The third-order valence-electron chi connectivity index (χ3n) is 7.42. The van der Waals surface area contributed by atoms with Crippen molar-refractivity contribution in [1.29, 1.82) is 0 Å². The Morgan fingerprint density at radius 2 is 1.57 bits per heavy atom. The van der Waals surface area contributed by atoms with Gasteiger partial charge in [-0.25, -0.2) is 4.79 Å². The lowest BCUT2D eigenvalue weighted by Crippen LogP contribution is -2.47. The van der Waals surface area contributed by atoms with E-state index in [9.17, 15) is 9.59 Å². The first-order valence-corrected chi connectivity index (χ1v) is 14.2. The fourth-order valence-electron chi connectivity index (χ4n) is 5.22. The normalized spacial score (nSPS) is 27.0. The number of methoxy groups -OCH3 is 1. The molecule has 3 aliphatic carbocycles. The fraction of sp³-hybridized carbons (Fsp3) is 0.724. The highest BCUT2D eigenvalue weighted by molar-refractivity contribution is 7.15. The van der Waals surface area contributed by atoms with Gasteiger partial charge < -0.3 is 14.4 Å². The van der Waals surface area contributed by atoms with E-state index >= 15 is 0 Å². The van der Waals surface area contributed by atoms with Gasteiger partial charge in [0.05, 0.1) is 29.9 Å². The van der Waals surface area contributed by atoms with Gasteiger partial charge in [-0.05, 0) is 97.0 Å². The van der Waals surface area contributed by atoms with Crippen molar-refractivity contribution in [2.45, 2.75) is 110 Å². The third-order valence-corrected chi connectivity index (χ3v) is 8.44. The Morgan fingerprint density at radius 3 is 2.11 bits per heavy atom. The van der Waals surface area contributed by atoms with Crippen LogP contribution in [0.15, 0.2) is 6.07 Å². The van der Waals surface area contributed by atoms with Gasteiger partial charge >= 0.3 is 5.97 Å². The molecule has 35 heavy (non-hydrogen) atoms. The summed E-state index contributed by atoms with van der Waals surface area (Å²) in [6.45, 7) is 8.47. The Balaban J connectivity index is 1.65. The van der Waals surface area contributed by atoms with Crippen LogP contribution in [0, 0.1) is 29.1 Å². The van der Waals surface area contributed by atoms with Gasteiger partial charge in [-0.2, -0.15) is 0 Å². The summed E-state index contributed by atoms with van der Waals surface area (Å²) in [7, 11) is 1.40. The van der Waals surface area contributed by atoms with Gasteiger partial charge in [-0.1, -0.05) is 18.8 Å². The number of ether oxygens (including phenoxy) is 2. The van der Waals surface area contributed by atoms with Crippen molar-refractivity contribution in [3.05, 3.63) is 15.8 Å². The molecule has 5 nitrogen and oxygen atoms in total. The Morgan fingerprint density at radius 1 is 0.971 bits per heavy atom. The molecule has 4 rings (SSSR count). The lowest BCUT2D eigenvalue weighted by Gasteiger charge is -2.39. The maximum absolute atomic E-state index is 14.1. The summed E-state index contributed by atoms with van der Waals surface area (Å²) >= 11 is 1.34. The van der Waals surface area contributed by atoms with Crippen LogP contribution in [0.2, 0.25) is 0 Å². The van der Waals surface area contributed by atoms with Gasteiger partial charge in [0.25, 0.3) is 0 Å². The minimum absolute atomic E-state index is 0.0149. The molecule has 0 bridgehead atoms. The van der Waals surface area contributed by atoms with Crippen LogP contribution in [0.5, 0.6) is 0 Å². The molecule has 3 saturated carbocycles. The highest BCUT2D eigenvalue weighted by Crippen LogP contribution is 2.40. The average Bonchev–Trinajstić information content (AvgIpc) is 3.54. The molecule has 192 valence electrons.